The van der Waals surface area contributed by atoms with E-state index in [1.807, 2.05) is 16.7 Å². The Morgan fingerprint density at radius 3 is 2.91 bits per heavy atom. The van der Waals surface area contributed by atoms with E-state index < -0.39 is 0 Å². The van der Waals surface area contributed by atoms with Crippen LogP contribution in [0.2, 0.25) is 0 Å². The van der Waals surface area contributed by atoms with Crippen LogP contribution < -0.4 is 0 Å². The van der Waals surface area contributed by atoms with Gasteiger partial charge in [-0.15, -0.1) is 0 Å². The van der Waals surface area contributed by atoms with Gasteiger partial charge < -0.3 is 4.90 Å². The number of likely N-dealkylation sites (tertiary alicyclic amines) is 1. The van der Waals surface area contributed by atoms with Crippen LogP contribution in [0, 0.1) is 0 Å². The van der Waals surface area contributed by atoms with Gasteiger partial charge in [0.25, 0.3) is 0 Å². The van der Waals surface area contributed by atoms with Crippen LogP contribution in [0.4, 0.5) is 0 Å². The monoisotopic (exact) mass is 318 g/mol. The van der Waals surface area contributed by atoms with Crippen molar-refractivity contribution in [3.63, 3.8) is 0 Å². The van der Waals surface area contributed by atoms with Gasteiger partial charge in [0.1, 0.15) is 0 Å². The van der Waals surface area contributed by atoms with E-state index in [1.165, 1.54) is 36.3 Å². The minimum Gasteiger partial charge on any atom is -0.338 e. The first kappa shape index (κ1) is 15.9. The average molecular weight is 318 g/mol. The Kier molecular flexibility index (Phi) is 5.42. The molecular weight excluding hydrogens is 292 g/mol. The van der Waals surface area contributed by atoms with E-state index in [0.717, 1.165) is 26.1 Å². The number of fused-ring (bicyclic) bond motifs is 1. The summed E-state index contributed by atoms with van der Waals surface area (Å²) in [7, 11) is 0. The highest BCUT2D eigenvalue weighted by Crippen LogP contribution is 2.22. The molecule has 1 aromatic carbocycles. The summed E-state index contributed by atoms with van der Waals surface area (Å²) in [5, 5.41) is 0. The molecule has 2 aliphatic rings. The van der Waals surface area contributed by atoms with Crippen molar-refractivity contribution in [3.05, 3.63) is 35.4 Å². The molecule has 22 heavy (non-hydrogen) atoms. The van der Waals surface area contributed by atoms with Crippen molar-refractivity contribution in [2.24, 2.45) is 0 Å². The smallest absolute Gasteiger partial charge is 0.224 e. The lowest BCUT2D eigenvalue weighted by Gasteiger charge is -2.30. The highest BCUT2D eigenvalue weighted by molar-refractivity contribution is 7.98. The summed E-state index contributed by atoms with van der Waals surface area (Å²) in [4.78, 5) is 17.1. The zero-order valence-corrected chi connectivity index (χ0v) is 14.3. The maximum atomic E-state index is 12.5. The lowest BCUT2D eigenvalue weighted by molar-refractivity contribution is -0.132. The van der Waals surface area contributed by atoms with Crippen LogP contribution in [-0.4, -0.2) is 53.4 Å². The minimum absolute atomic E-state index is 0.323. The van der Waals surface area contributed by atoms with Crippen molar-refractivity contribution in [2.75, 3.05) is 31.6 Å². The quantitative estimate of drug-likeness (QED) is 0.834. The van der Waals surface area contributed by atoms with Crippen molar-refractivity contribution in [1.29, 1.82) is 0 Å². The SMILES string of the molecule is CSC[C@H]1CCCN1CCC(=O)N1CCc2ccccc2C1. The highest BCUT2D eigenvalue weighted by atomic mass is 32.2. The molecule has 3 rings (SSSR count). The van der Waals surface area contributed by atoms with E-state index in [1.54, 1.807) is 0 Å². The van der Waals surface area contributed by atoms with Gasteiger partial charge in [-0.2, -0.15) is 11.8 Å². The molecule has 1 saturated heterocycles. The van der Waals surface area contributed by atoms with Crippen LogP contribution in [0.3, 0.4) is 0 Å². The fourth-order valence-corrected chi connectivity index (χ4v) is 4.44. The second-order valence-corrected chi connectivity index (χ2v) is 7.28. The number of hydrogen-bond donors (Lipinski definition) is 0. The Hall–Kier alpha value is -1.00. The predicted octanol–water partition coefficient (Wildman–Crippen LogP) is 2.79. The molecule has 2 heterocycles. The summed E-state index contributed by atoms with van der Waals surface area (Å²) in [6.45, 7) is 3.77. The van der Waals surface area contributed by atoms with Crippen molar-refractivity contribution in [1.82, 2.24) is 9.80 Å². The molecule has 0 N–H and O–H groups in total. The number of hydrogen-bond acceptors (Lipinski definition) is 3. The lowest BCUT2D eigenvalue weighted by atomic mass is 10.00. The summed E-state index contributed by atoms with van der Waals surface area (Å²) < 4.78 is 0. The van der Waals surface area contributed by atoms with Crippen LogP contribution in [0.5, 0.6) is 0 Å². The fraction of sp³-hybridized carbons (Fsp3) is 0.611. The third-order valence-electron chi connectivity index (χ3n) is 4.95. The molecule has 0 aliphatic carbocycles. The molecule has 0 aromatic heterocycles. The van der Waals surface area contributed by atoms with Gasteiger partial charge in [-0.05, 0) is 43.2 Å². The predicted molar refractivity (Wildman–Crippen MR) is 93.2 cm³/mol. The average Bonchev–Trinajstić information content (AvgIpc) is 3.00. The normalized spacial score (nSPS) is 21.9. The van der Waals surface area contributed by atoms with Gasteiger partial charge in [0.15, 0.2) is 0 Å². The van der Waals surface area contributed by atoms with Gasteiger partial charge >= 0.3 is 0 Å². The van der Waals surface area contributed by atoms with Crippen molar-refractivity contribution < 1.29 is 4.79 Å². The van der Waals surface area contributed by atoms with Gasteiger partial charge in [0, 0.05) is 37.8 Å². The Morgan fingerprint density at radius 1 is 1.27 bits per heavy atom. The number of nitrogens with zero attached hydrogens (tertiary/aromatic N) is 2. The Labute approximate surface area is 138 Å². The number of carbonyl (C=O) groups is 1. The van der Waals surface area contributed by atoms with Gasteiger partial charge in [-0.1, -0.05) is 24.3 Å². The van der Waals surface area contributed by atoms with Gasteiger partial charge in [0.2, 0.25) is 5.91 Å². The summed E-state index contributed by atoms with van der Waals surface area (Å²) in [5.74, 6) is 1.52. The molecule has 0 spiro atoms. The van der Waals surface area contributed by atoms with E-state index in [4.69, 9.17) is 0 Å². The summed E-state index contributed by atoms with van der Waals surface area (Å²) in [6, 6.07) is 9.20. The van der Waals surface area contributed by atoms with Crippen LogP contribution in [-0.2, 0) is 17.8 Å². The Morgan fingerprint density at radius 2 is 2.09 bits per heavy atom. The standard InChI is InChI=1S/C18H26N2OS/c1-22-14-17-7-4-10-19(17)12-9-18(21)20-11-8-15-5-2-3-6-16(15)13-20/h2-3,5-6,17H,4,7-14H2,1H3/t17-/m1/s1. The first-order chi connectivity index (χ1) is 10.8. The van der Waals surface area contributed by atoms with E-state index >= 15 is 0 Å². The van der Waals surface area contributed by atoms with E-state index in [-0.39, 0.29) is 0 Å². The minimum atomic E-state index is 0.323. The molecule has 0 saturated carbocycles. The van der Waals surface area contributed by atoms with Crippen molar-refractivity contribution >= 4 is 17.7 Å². The zero-order valence-electron chi connectivity index (χ0n) is 13.5. The molecule has 0 unspecified atom stereocenters. The number of carbonyl (C=O) groups excluding carboxylic acids is 1. The lowest BCUT2D eigenvalue weighted by Crippen LogP contribution is -2.39. The Balaban J connectivity index is 1.51. The molecule has 1 amide bonds. The molecule has 1 aromatic rings. The highest BCUT2D eigenvalue weighted by Gasteiger charge is 2.26. The summed E-state index contributed by atoms with van der Waals surface area (Å²) in [6.07, 6.45) is 6.43. The molecule has 0 bridgehead atoms. The van der Waals surface area contributed by atoms with Crippen molar-refractivity contribution in [2.45, 2.75) is 38.3 Å². The van der Waals surface area contributed by atoms with Gasteiger partial charge in [-0.3, -0.25) is 9.69 Å². The molecule has 1 fully saturated rings. The zero-order chi connectivity index (χ0) is 15.4. The van der Waals surface area contributed by atoms with E-state index in [2.05, 4.69) is 35.4 Å². The van der Waals surface area contributed by atoms with Crippen molar-refractivity contribution in [3.8, 4) is 0 Å². The molecule has 4 heteroatoms. The first-order valence-electron chi connectivity index (χ1n) is 8.35. The molecule has 120 valence electrons. The van der Waals surface area contributed by atoms with E-state index in [9.17, 15) is 4.79 Å². The summed E-state index contributed by atoms with van der Waals surface area (Å²) >= 11 is 1.92. The molecule has 1 atom stereocenters. The van der Waals surface area contributed by atoms with Crippen LogP contribution in [0.25, 0.3) is 0 Å². The molecular formula is C18H26N2OS. The van der Waals surface area contributed by atoms with Gasteiger partial charge in [0.05, 0.1) is 0 Å². The second-order valence-electron chi connectivity index (χ2n) is 6.37. The maximum absolute atomic E-state index is 12.5. The first-order valence-corrected chi connectivity index (χ1v) is 9.75. The fourth-order valence-electron chi connectivity index (χ4n) is 3.68. The third kappa shape index (κ3) is 3.66. The topological polar surface area (TPSA) is 23.6 Å². The largest absolute Gasteiger partial charge is 0.338 e. The van der Waals surface area contributed by atoms with Crippen LogP contribution in [0.15, 0.2) is 24.3 Å². The molecule has 3 nitrogen and oxygen atoms in total. The number of rotatable bonds is 5. The van der Waals surface area contributed by atoms with Crippen LogP contribution in [0.1, 0.15) is 30.4 Å². The summed E-state index contributed by atoms with van der Waals surface area (Å²) in [5.41, 5.74) is 2.73. The number of benzene rings is 1. The third-order valence-corrected chi connectivity index (χ3v) is 5.67. The van der Waals surface area contributed by atoms with E-state index in [0.29, 0.717) is 18.4 Å². The molecule has 2 aliphatic heterocycles. The number of thioether (sulfide) groups is 1. The Bertz CT molecular complexity index is 520. The van der Waals surface area contributed by atoms with Crippen LogP contribution >= 0.6 is 11.8 Å². The second kappa shape index (κ2) is 7.51. The molecule has 0 radical (unpaired) electrons. The maximum Gasteiger partial charge on any atom is 0.224 e. The van der Waals surface area contributed by atoms with Gasteiger partial charge in [-0.25, -0.2) is 0 Å². The number of amides is 1.